The van der Waals surface area contributed by atoms with Crippen LogP contribution in [-0.4, -0.2) is 36.5 Å². The predicted octanol–water partition coefficient (Wildman–Crippen LogP) is 3.89. The van der Waals surface area contributed by atoms with Crippen molar-refractivity contribution in [2.24, 2.45) is 4.99 Å². The average Bonchev–Trinajstić information content (AvgIpc) is 3.24. The topological polar surface area (TPSA) is 40.5 Å². The first-order valence-corrected chi connectivity index (χ1v) is 10.3. The molecule has 0 saturated heterocycles. The molecule has 0 radical (unpaired) electrons. The third-order valence-electron chi connectivity index (χ3n) is 4.51. The molecule has 1 aliphatic rings. The third-order valence-corrected chi connectivity index (χ3v) is 6.36. The van der Waals surface area contributed by atoms with Crippen molar-refractivity contribution in [2.75, 3.05) is 20.6 Å². The first kappa shape index (κ1) is 17.4. The molecule has 4 nitrogen and oxygen atoms in total. The van der Waals surface area contributed by atoms with Crippen LogP contribution in [0.5, 0.6) is 0 Å². The van der Waals surface area contributed by atoms with Crippen molar-refractivity contribution in [3.05, 3.63) is 38.0 Å². The fourth-order valence-corrected chi connectivity index (χ4v) is 5.05. The molecule has 0 bridgehead atoms. The van der Waals surface area contributed by atoms with Crippen molar-refractivity contribution >= 4 is 28.6 Å². The molecular formula is C18H26N4S2. The summed E-state index contributed by atoms with van der Waals surface area (Å²) in [7, 11) is 3.94. The van der Waals surface area contributed by atoms with Gasteiger partial charge in [-0.3, -0.25) is 4.99 Å². The van der Waals surface area contributed by atoms with E-state index in [0.717, 1.165) is 25.5 Å². The van der Waals surface area contributed by atoms with Crippen molar-refractivity contribution in [1.29, 1.82) is 0 Å². The lowest BCUT2D eigenvalue weighted by Crippen LogP contribution is -2.40. The molecule has 6 heteroatoms. The Kier molecular flexibility index (Phi) is 5.89. The van der Waals surface area contributed by atoms with Gasteiger partial charge < -0.3 is 10.2 Å². The second-order valence-corrected chi connectivity index (χ2v) is 8.37. The van der Waals surface area contributed by atoms with E-state index in [2.05, 4.69) is 46.0 Å². The van der Waals surface area contributed by atoms with E-state index in [-0.39, 0.29) is 0 Å². The summed E-state index contributed by atoms with van der Waals surface area (Å²) in [4.78, 5) is 12.9. The Bertz CT molecular complexity index is 652. The summed E-state index contributed by atoms with van der Waals surface area (Å²) in [6.45, 7) is 3.96. The van der Waals surface area contributed by atoms with Gasteiger partial charge in [-0.05, 0) is 54.0 Å². The van der Waals surface area contributed by atoms with E-state index in [1.54, 1.807) is 11.3 Å². The van der Waals surface area contributed by atoms with Crippen LogP contribution in [0.2, 0.25) is 0 Å². The molecule has 3 rings (SSSR count). The highest BCUT2D eigenvalue weighted by molar-refractivity contribution is 7.11. The summed E-state index contributed by atoms with van der Waals surface area (Å²) in [5.74, 6) is 1.42. The molecule has 2 heterocycles. The molecular weight excluding hydrogens is 336 g/mol. The van der Waals surface area contributed by atoms with Gasteiger partial charge in [0.05, 0.1) is 12.2 Å². The molecule has 0 amide bonds. The Morgan fingerprint density at radius 3 is 2.96 bits per heavy atom. The first-order valence-electron chi connectivity index (χ1n) is 8.58. The van der Waals surface area contributed by atoms with Crippen LogP contribution in [0.25, 0.3) is 0 Å². The van der Waals surface area contributed by atoms with Crippen molar-refractivity contribution in [3.8, 4) is 0 Å². The number of aryl methyl sites for hydroxylation is 2. The van der Waals surface area contributed by atoms with Crippen LogP contribution in [0, 0.1) is 0 Å². The number of fused-ring (bicyclic) bond motifs is 1. The van der Waals surface area contributed by atoms with E-state index in [0.29, 0.717) is 5.92 Å². The number of hydrogen-bond donors (Lipinski definition) is 1. The van der Waals surface area contributed by atoms with Crippen molar-refractivity contribution in [3.63, 3.8) is 0 Å². The molecule has 0 aliphatic heterocycles. The number of thiazole rings is 1. The highest BCUT2D eigenvalue weighted by atomic mass is 32.1. The lowest BCUT2D eigenvalue weighted by molar-refractivity contribution is 0.471. The van der Waals surface area contributed by atoms with Gasteiger partial charge in [-0.25, -0.2) is 4.98 Å². The number of guanidine groups is 1. The number of thiophene rings is 1. The van der Waals surface area contributed by atoms with Crippen LogP contribution in [0.1, 0.15) is 46.8 Å². The molecule has 2 aromatic rings. The minimum absolute atomic E-state index is 0.480. The van der Waals surface area contributed by atoms with E-state index < -0.39 is 0 Å². The van der Waals surface area contributed by atoms with Crippen LogP contribution in [0.3, 0.4) is 0 Å². The quantitative estimate of drug-likeness (QED) is 0.648. The molecule has 0 fully saturated rings. The fraction of sp³-hybridized carbons (Fsp3) is 0.556. The molecule has 130 valence electrons. The summed E-state index contributed by atoms with van der Waals surface area (Å²) in [5.41, 5.74) is 2.72. The monoisotopic (exact) mass is 362 g/mol. The molecule has 24 heavy (non-hydrogen) atoms. The number of nitrogens with zero attached hydrogens (tertiary/aromatic N) is 3. The van der Waals surface area contributed by atoms with Crippen LogP contribution < -0.4 is 5.32 Å². The Balaban J connectivity index is 1.56. The maximum absolute atomic E-state index is 4.84. The molecule has 2 aromatic heterocycles. The summed E-state index contributed by atoms with van der Waals surface area (Å²) in [5, 5.41) is 9.06. The van der Waals surface area contributed by atoms with Gasteiger partial charge >= 0.3 is 0 Å². The van der Waals surface area contributed by atoms with Gasteiger partial charge in [0, 0.05) is 25.5 Å². The fourth-order valence-electron chi connectivity index (χ4n) is 3.05. The zero-order valence-electron chi connectivity index (χ0n) is 14.7. The number of aromatic nitrogens is 1. The Morgan fingerprint density at radius 2 is 2.25 bits per heavy atom. The van der Waals surface area contributed by atoms with Gasteiger partial charge in [0.2, 0.25) is 0 Å². The summed E-state index contributed by atoms with van der Waals surface area (Å²) >= 11 is 3.63. The first-order chi connectivity index (χ1) is 11.7. The second kappa shape index (κ2) is 8.12. The summed E-state index contributed by atoms with van der Waals surface area (Å²) in [6, 6.07) is 2.20. The van der Waals surface area contributed by atoms with E-state index in [4.69, 9.17) is 4.98 Å². The summed E-state index contributed by atoms with van der Waals surface area (Å²) in [6.07, 6.45) is 4.96. The van der Waals surface area contributed by atoms with Gasteiger partial charge in [0.25, 0.3) is 0 Å². The number of hydrogen-bond acceptors (Lipinski definition) is 4. The molecule has 1 aliphatic carbocycles. The third kappa shape index (κ3) is 4.16. The van der Waals surface area contributed by atoms with Crippen molar-refractivity contribution < 1.29 is 0 Å². The van der Waals surface area contributed by atoms with E-state index in [1.165, 1.54) is 40.4 Å². The molecule has 1 unspecified atom stereocenters. The molecule has 0 saturated carbocycles. The van der Waals surface area contributed by atoms with E-state index in [9.17, 15) is 0 Å². The lowest BCUT2D eigenvalue weighted by atomic mass is 10.0. The van der Waals surface area contributed by atoms with Crippen molar-refractivity contribution in [2.45, 2.75) is 45.1 Å². The molecule has 0 spiro atoms. The number of rotatable bonds is 5. The number of nitrogens with one attached hydrogen (secondary N) is 1. The van der Waals surface area contributed by atoms with Crippen LogP contribution in [-0.2, 0) is 19.4 Å². The second-order valence-electron chi connectivity index (χ2n) is 6.43. The predicted molar refractivity (Wildman–Crippen MR) is 104 cm³/mol. The van der Waals surface area contributed by atoms with E-state index in [1.807, 2.05) is 18.4 Å². The zero-order chi connectivity index (χ0) is 16.9. The van der Waals surface area contributed by atoms with Crippen LogP contribution >= 0.6 is 22.7 Å². The van der Waals surface area contributed by atoms with Gasteiger partial charge in [-0.1, -0.05) is 6.92 Å². The van der Waals surface area contributed by atoms with Crippen LogP contribution in [0.15, 0.2) is 21.8 Å². The Labute approximate surface area is 152 Å². The largest absolute Gasteiger partial charge is 0.356 e. The zero-order valence-corrected chi connectivity index (χ0v) is 16.3. The van der Waals surface area contributed by atoms with Gasteiger partial charge in [0.15, 0.2) is 5.96 Å². The Hall–Kier alpha value is -1.40. The Morgan fingerprint density at radius 1 is 1.42 bits per heavy atom. The van der Waals surface area contributed by atoms with Gasteiger partial charge in [-0.15, -0.1) is 11.3 Å². The maximum Gasteiger partial charge on any atom is 0.193 e. The highest BCUT2D eigenvalue weighted by Gasteiger charge is 2.17. The maximum atomic E-state index is 4.84. The standard InChI is InChI=1S/C18H26N4S2/c1-13(14-8-9-23-12-14)10-20-18(19-2)22(3)11-17-21-15-6-4-5-7-16(15)24-17/h8-9,12-13H,4-7,10-11H2,1-3H3,(H,19,20). The highest BCUT2D eigenvalue weighted by Crippen LogP contribution is 2.27. The van der Waals surface area contributed by atoms with Crippen LogP contribution in [0.4, 0.5) is 0 Å². The van der Waals surface area contributed by atoms with Crippen molar-refractivity contribution in [1.82, 2.24) is 15.2 Å². The minimum Gasteiger partial charge on any atom is -0.356 e. The minimum atomic E-state index is 0.480. The lowest BCUT2D eigenvalue weighted by Gasteiger charge is -2.22. The van der Waals surface area contributed by atoms with E-state index >= 15 is 0 Å². The molecule has 1 atom stereocenters. The SMILES string of the molecule is CN=C(NCC(C)c1ccsc1)N(C)Cc1nc2c(s1)CCCC2. The summed E-state index contributed by atoms with van der Waals surface area (Å²) < 4.78 is 0. The smallest absolute Gasteiger partial charge is 0.193 e. The molecule has 1 N–H and O–H groups in total. The van der Waals surface area contributed by atoms with Gasteiger partial charge in [0.1, 0.15) is 5.01 Å². The average molecular weight is 363 g/mol. The number of aliphatic imine (C=N–C) groups is 1. The normalized spacial score (nSPS) is 15.9. The molecule has 0 aromatic carbocycles. The van der Waals surface area contributed by atoms with Gasteiger partial charge in [-0.2, -0.15) is 11.3 Å².